The summed E-state index contributed by atoms with van der Waals surface area (Å²) in [5.74, 6) is -1.14. The number of aliphatic hydroxyl groups excluding tert-OH is 1. The first-order valence-corrected chi connectivity index (χ1v) is 4.14. The van der Waals surface area contributed by atoms with Crippen LogP contribution in [0.5, 0.6) is 0 Å². The second-order valence-corrected chi connectivity index (χ2v) is 3.12. The number of carbonyl (C=O) groups is 1. The summed E-state index contributed by atoms with van der Waals surface area (Å²) < 4.78 is 0. The van der Waals surface area contributed by atoms with E-state index in [9.17, 15) is 4.79 Å². The Morgan fingerprint density at radius 3 is 2.38 bits per heavy atom. The highest BCUT2D eigenvalue weighted by Crippen LogP contribution is 2.29. The van der Waals surface area contributed by atoms with E-state index in [2.05, 4.69) is 0 Å². The lowest BCUT2D eigenvalue weighted by atomic mass is 10.1. The predicted octanol–water partition coefficient (Wildman–Crippen LogP) is 2.18. The quantitative estimate of drug-likeness (QED) is 0.804. The summed E-state index contributed by atoms with van der Waals surface area (Å²) in [6.07, 6.45) is 0. The van der Waals surface area contributed by atoms with Crippen LogP contribution in [-0.4, -0.2) is 16.2 Å². The number of hydrogen-bond acceptors (Lipinski definition) is 2. The van der Waals surface area contributed by atoms with Gasteiger partial charge in [0, 0.05) is 0 Å². The lowest BCUT2D eigenvalue weighted by Gasteiger charge is -2.04. The zero-order valence-corrected chi connectivity index (χ0v) is 7.93. The summed E-state index contributed by atoms with van der Waals surface area (Å²) in [7, 11) is 0. The summed E-state index contributed by atoms with van der Waals surface area (Å²) in [6.45, 7) is -0.265. The Balaban J connectivity index is 3.31. The van der Waals surface area contributed by atoms with Crippen LogP contribution in [0.3, 0.4) is 0 Å². The van der Waals surface area contributed by atoms with E-state index >= 15 is 0 Å². The van der Waals surface area contributed by atoms with Crippen LogP contribution in [0, 0.1) is 0 Å². The van der Waals surface area contributed by atoms with Gasteiger partial charge in [0.25, 0.3) is 0 Å². The highest BCUT2D eigenvalue weighted by atomic mass is 35.5. The number of aromatic carboxylic acids is 1. The van der Waals surface area contributed by atoms with Crippen molar-refractivity contribution in [1.82, 2.24) is 0 Å². The third kappa shape index (κ3) is 1.94. The van der Waals surface area contributed by atoms with Gasteiger partial charge in [0.15, 0.2) is 0 Å². The van der Waals surface area contributed by atoms with Crippen LogP contribution in [0.1, 0.15) is 15.9 Å². The first-order chi connectivity index (χ1) is 6.07. The highest BCUT2D eigenvalue weighted by molar-refractivity contribution is 6.44. The molecule has 13 heavy (non-hydrogen) atoms. The van der Waals surface area contributed by atoms with E-state index in [4.69, 9.17) is 33.4 Å². The van der Waals surface area contributed by atoms with Crippen LogP contribution in [0.15, 0.2) is 12.1 Å². The van der Waals surface area contributed by atoms with Crippen molar-refractivity contribution in [2.24, 2.45) is 0 Å². The maximum absolute atomic E-state index is 10.6. The summed E-state index contributed by atoms with van der Waals surface area (Å²) in [5.41, 5.74) is 0.348. The molecule has 1 aromatic carbocycles. The van der Waals surface area contributed by atoms with E-state index in [1.807, 2.05) is 0 Å². The lowest BCUT2D eigenvalue weighted by molar-refractivity contribution is 0.0697. The molecule has 0 unspecified atom stereocenters. The van der Waals surface area contributed by atoms with Crippen molar-refractivity contribution in [2.75, 3.05) is 0 Å². The Morgan fingerprint density at radius 1 is 1.31 bits per heavy atom. The zero-order chi connectivity index (χ0) is 10.0. The molecule has 0 bridgehead atoms. The first-order valence-electron chi connectivity index (χ1n) is 3.39. The number of rotatable bonds is 2. The molecular formula is C8H6Cl2O3. The molecule has 1 rings (SSSR count). The van der Waals surface area contributed by atoms with E-state index in [1.54, 1.807) is 0 Å². The van der Waals surface area contributed by atoms with E-state index in [-0.39, 0.29) is 22.2 Å². The molecular weight excluding hydrogens is 215 g/mol. The van der Waals surface area contributed by atoms with Crippen LogP contribution in [0.25, 0.3) is 0 Å². The summed E-state index contributed by atoms with van der Waals surface area (Å²) in [5, 5.41) is 17.5. The normalized spacial score (nSPS) is 10.1. The lowest BCUT2D eigenvalue weighted by Crippen LogP contribution is -1.99. The number of hydrogen-bond donors (Lipinski definition) is 2. The Morgan fingerprint density at radius 2 is 1.92 bits per heavy atom. The van der Waals surface area contributed by atoms with Crippen molar-refractivity contribution in [1.29, 1.82) is 0 Å². The highest BCUT2D eigenvalue weighted by Gasteiger charge is 2.13. The standard InChI is InChI=1S/C8H6Cl2O3/c9-6-4(3-11)1-2-5(7(6)10)8(12)13/h1-2,11H,3H2,(H,12,13). The zero-order valence-electron chi connectivity index (χ0n) is 6.42. The van der Waals surface area contributed by atoms with Crippen LogP contribution >= 0.6 is 23.2 Å². The molecule has 0 atom stereocenters. The van der Waals surface area contributed by atoms with Crippen LogP contribution in [0.2, 0.25) is 10.0 Å². The molecule has 2 N–H and O–H groups in total. The molecule has 3 nitrogen and oxygen atoms in total. The fraction of sp³-hybridized carbons (Fsp3) is 0.125. The molecule has 0 aromatic heterocycles. The molecule has 0 aliphatic heterocycles. The molecule has 0 radical (unpaired) electrons. The van der Waals surface area contributed by atoms with Crippen molar-refractivity contribution in [2.45, 2.75) is 6.61 Å². The molecule has 0 saturated carbocycles. The largest absolute Gasteiger partial charge is 0.478 e. The predicted molar refractivity (Wildman–Crippen MR) is 49.3 cm³/mol. The third-order valence-corrected chi connectivity index (χ3v) is 2.48. The Labute approximate surface area is 84.5 Å². The van der Waals surface area contributed by atoms with Gasteiger partial charge in [0.05, 0.1) is 22.2 Å². The van der Waals surface area contributed by atoms with Crippen molar-refractivity contribution < 1.29 is 15.0 Å². The number of carboxylic acids is 1. The van der Waals surface area contributed by atoms with Gasteiger partial charge in [-0.05, 0) is 11.6 Å². The molecule has 0 spiro atoms. The molecule has 0 fully saturated rings. The second kappa shape index (κ2) is 3.96. The molecule has 0 heterocycles. The number of aliphatic hydroxyl groups is 1. The minimum Gasteiger partial charge on any atom is -0.478 e. The minimum atomic E-state index is -1.14. The molecule has 70 valence electrons. The van der Waals surface area contributed by atoms with E-state index < -0.39 is 5.97 Å². The SMILES string of the molecule is O=C(O)c1ccc(CO)c(Cl)c1Cl. The summed E-state index contributed by atoms with van der Waals surface area (Å²) in [6, 6.07) is 2.74. The fourth-order valence-electron chi connectivity index (χ4n) is 0.877. The molecule has 5 heteroatoms. The molecule has 0 aliphatic carbocycles. The minimum absolute atomic E-state index is 0.0410. The van der Waals surface area contributed by atoms with E-state index in [1.165, 1.54) is 12.1 Å². The topological polar surface area (TPSA) is 57.5 Å². The number of benzene rings is 1. The molecule has 0 aliphatic rings. The molecule has 0 saturated heterocycles. The van der Waals surface area contributed by atoms with E-state index in [0.29, 0.717) is 5.56 Å². The smallest absolute Gasteiger partial charge is 0.337 e. The average molecular weight is 221 g/mol. The van der Waals surface area contributed by atoms with Gasteiger partial charge in [-0.2, -0.15) is 0 Å². The maximum Gasteiger partial charge on any atom is 0.337 e. The van der Waals surface area contributed by atoms with Gasteiger partial charge in [-0.15, -0.1) is 0 Å². The Hall–Kier alpha value is -0.770. The average Bonchev–Trinajstić information content (AvgIpc) is 2.09. The van der Waals surface area contributed by atoms with Crippen molar-refractivity contribution >= 4 is 29.2 Å². The Bertz CT molecular complexity index is 349. The summed E-state index contributed by atoms with van der Waals surface area (Å²) in [4.78, 5) is 10.6. The van der Waals surface area contributed by atoms with Crippen LogP contribution in [-0.2, 0) is 6.61 Å². The number of halogens is 2. The molecule has 0 amide bonds. The van der Waals surface area contributed by atoms with Gasteiger partial charge in [0.2, 0.25) is 0 Å². The maximum atomic E-state index is 10.6. The van der Waals surface area contributed by atoms with Crippen molar-refractivity contribution in [3.63, 3.8) is 0 Å². The van der Waals surface area contributed by atoms with Crippen LogP contribution in [0.4, 0.5) is 0 Å². The molecule has 1 aromatic rings. The van der Waals surface area contributed by atoms with Crippen molar-refractivity contribution in [3.05, 3.63) is 33.3 Å². The van der Waals surface area contributed by atoms with Gasteiger partial charge in [0.1, 0.15) is 0 Å². The second-order valence-electron chi connectivity index (χ2n) is 2.36. The van der Waals surface area contributed by atoms with Crippen molar-refractivity contribution in [3.8, 4) is 0 Å². The number of carboxylic acid groups (broad SMARTS) is 1. The van der Waals surface area contributed by atoms with E-state index in [0.717, 1.165) is 0 Å². The van der Waals surface area contributed by atoms with Crippen LogP contribution < -0.4 is 0 Å². The fourth-order valence-corrected chi connectivity index (χ4v) is 1.37. The third-order valence-electron chi connectivity index (χ3n) is 1.56. The van der Waals surface area contributed by atoms with Gasteiger partial charge >= 0.3 is 5.97 Å². The Kier molecular flexibility index (Phi) is 3.14. The monoisotopic (exact) mass is 220 g/mol. The first kappa shape index (κ1) is 10.3. The van der Waals surface area contributed by atoms with Gasteiger partial charge in [-0.25, -0.2) is 4.79 Å². The summed E-state index contributed by atoms with van der Waals surface area (Å²) >= 11 is 11.3. The van der Waals surface area contributed by atoms with Gasteiger partial charge < -0.3 is 10.2 Å². The van der Waals surface area contributed by atoms with Gasteiger partial charge in [-0.3, -0.25) is 0 Å². The van der Waals surface area contributed by atoms with Gasteiger partial charge in [-0.1, -0.05) is 29.3 Å².